The van der Waals surface area contributed by atoms with Gasteiger partial charge < -0.3 is 18.9 Å². The number of carbonyl (C=O) groups excluding carboxylic acids is 1. The van der Waals surface area contributed by atoms with Crippen molar-refractivity contribution in [3.05, 3.63) is 47.8 Å². The predicted octanol–water partition coefficient (Wildman–Crippen LogP) is 2.60. The summed E-state index contributed by atoms with van der Waals surface area (Å²) in [5, 5.41) is 4.22. The molecule has 0 saturated carbocycles. The third-order valence-electron chi connectivity index (χ3n) is 3.90. The molecule has 0 fully saturated rings. The molecule has 0 bridgehead atoms. The Bertz CT molecular complexity index is 907. The van der Waals surface area contributed by atoms with Crippen LogP contribution in [0, 0.1) is 0 Å². The molecule has 25 heavy (non-hydrogen) atoms. The molecule has 0 saturated heterocycles. The molecule has 0 aliphatic carbocycles. The van der Waals surface area contributed by atoms with E-state index in [2.05, 4.69) is 5.10 Å². The predicted molar refractivity (Wildman–Crippen MR) is 91.3 cm³/mol. The number of ketones is 1. The molecule has 0 N–H and O–H groups in total. The number of nitrogens with zero attached hydrogens (tertiary/aromatic N) is 2. The second-order valence-electron chi connectivity index (χ2n) is 5.17. The van der Waals surface area contributed by atoms with E-state index in [0.717, 1.165) is 0 Å². The number of ether oxygens (including phenoxy) is 4. The van der Waals surface area contributed by atoms with E-state index in [1.807, 2.05) is 0 Å². The van der Waals surface area contributed by atoms with Crippen molar-refractivity contribution < 1.29 is 23.7 Å². The summed E-state index contributed by atoms with van der Waals surface area (Å²) in [6.45, 7) is 0. The molecular weight excluding hydrogens is 324 g/mol. The largest absolute Gasteiger partial charge is 0.494 e. The Morgan fingerprint density at radius 1 is 0.960 bits per heavy atom. The highest BCUT2D eigenvalue weighted by atomic mass is 16.5. The van der Waals surface area contributed by atoms with Crippen molar-refractivity contribution in [2.75, 3.05) is 28.4 Å². The van der Waals surface area contributed by atoms with Crippen molar-refractivity contribution in [1.82, 2.24) is 9.61 Å². The number of aromatic nitrogens is 2. The van der Waals surface area contributed by atoms with Gasteiger partial charge in [0.05, 0.1) is 40.2 Å². The van der Waals surface area contributed by atoms with Crippen LogP contribution >= 0.6 is 0 Å². The zero-order valence-electron chi connectivity index (χ0n) is 14.4. The highest BCUT2D eigenvalue weighted by Crippen LogP contribution is 2.39. The third kappa shape index (κ3) is 2.73. The first-order chi connectivity index (χ1) is 12.1. The van der Waals surface area contributed by atoms with Crippen molar-refractivity contribution in [1.29, 1.82) is 0 Å². The summed E-state index contributed by atoms with van der Waals surface area (Å²) in [6.07, 6.45) is 3.27. The molecule has 0 atom stereocenters. The fourth-order valence-corrected chi connectivity index (χ4v) is 2.71. The maximum absolute atomic E-state index is 13.1. The normalized spacial score (nSPS) is 10.6. The van der Waals surface area contributed by atoms with Crippen LogP contribution in [-0.4, -0.2) is 43.8 Å². The highest BCUT2D eigenvalue weighted by molar-refractivity contribution is 6.14. The van der Waals surface area contributed by atoms with E-state index in [1.165, 1.54) is 27.5 Å². The van der Waals surface area contributed by atoms with E-state index >= 15 is 0 Å². The Morgan fingerprint density at radius 2 is 1.60 bits per heavy atom. The van der Waals surface area contributed by atoms with Gasteiger partial charge >= 0.3 is 0 Å². The lowest BCUT2D eigenvalue weighted by Crippen LogP contribution is -2.04. The summed E-state index contributed by atoms with van der Waals surface area (Å²) in [6, 6.07) is 6.81. The van der Waals surface area contributed by atoms with Gasteiger partial charge in [-0.2, -0.15) is 5.10 Å². The van der Waals surface area contributed by atoms with E-state index in [0.29, 0.717) is 39.6 Å². The van der Waals surface area contributed by atoms with Crippen molar-refractivity contribution in [2.24, 2.45) is 0 Å². The van der Waals surface area contributed by atoms with Gasteiger partial charge in [-0.15, -0.1) is 0 Å². The molecule has 7 heteroatoms. The van der Waals surface area contributed by atoms with Crippen molar-refractivity contribution in [3.8, 4) is 23.0 Å². The minimum absolute atomic E-state index is 0.223. The zero-order valence-corrected chi connectivity index (χ0v) is 14.4. The van der Waals surface area contributed by atoms with Gasteiger partial charge in [0.2, 0.25) is 5.75 Å². The second kappa shape index (κ2) is 6.72. The van der Waals surface area contributed by atoms with Gasteiger partial charge in [-0.3, -0.25) is 4.79 Å². The molecule has 0 aliphatic heterocycles. The van der Waals surface area contributed by atoms with Crippen molar-refractivity contribution in [2.45, 2.75) is 0 Å². The Morgan fingerprint density at radius 3 is 2.16 bits per heavy atom. The van der Waals surface area contributed by atoms with E-state index in [1.54, 1.807) is 42.1 Å². The summed E-state index contributed by atoms with van der Waals surface area (Å²) in [5.74, 6) is 1.59. The number of rotatable bonds is 6. The standard InChI is InChI=1S/C18H18N2O5/c1-22-13-6-5-7-20-16(13)12(10-19-20)17(21)11-8-14(23-2)18(25-4)15(9-11)24-3/h5-10H,1-4H3. The average Bonchev–Trinajstić information content (AvgIpc) is 3.10. The Balaban J connectivity index is 2.16. The van der Waals surface area contributed by atoms with Gasteiger partial charge in [-0.1, -0.05) is 0 Å². The van der Waals surface area contributed by atoms with Gasteiger partial charge in [0.25, 0.3) is 0 Å². The van der Waals surface area contributed by atoms with E-state index in [9.17, 15) is 4.79 Å². The number of methoxy groups -OCH3 is 4. The molecular formula is C18H18N2O5. The number of pyridine rings is 1. The molecule has 0 aliphatic rings. The second-order valence-corrected chi connectivity index (χ2v) is 5.17. The van der Waals surface area contributed by atoms with Crippen molar-refractivity contribution in [3.63, 3.8) is 0 Å². The molecule has 0 unspecified atom stereocenters. The number of carbonyl (C=O) groups is 1. The smallest absolute Gasteiger partial charge is 0.203 e. The summed E-state index contributed by atoms with van der Waals surface area (Å²) in [4.78, 5) is 13.1. The monoisotopic (exact) mass is 342 g/mol. The van der Waals surface area contributed by atoms with Crippen LogP contribution in [0.5, 0.6) is 23.0 Å². The maximum Gasteiger partial charge on any atom is 0.203 e. The fourth-order valence-electron chi connectivity index (χ4n) is 2.71. The molecule has 2 aromatic heterocycles. The molecule has 1 aromatic carbocycles. The summed E-state index contributed by atoms with van der Waals surface area (Å²) < 4.78 is 22.9. The molecule has 0 spiro atoms. The maximum atomic E-state index is 13.1. The summed E-state index contributed by atoms with van der Waals surface area (Å²) in [7, 11) is 6.07. The van der Waals surface area contributed by atoms with Gasteiger partial charge in [0.15, 0.2) is 17.3 Å². The van der Waals surface area contributed by atoms with Crippen LogP contribution < -0.4 is 18.9 Å². The van der Waals surface area contributed by atoms with Crippen LogP contribution in [0.3, 0.4) is 0 Å². The van der Waals surface area contributed by atoms with Crippen LogP contribution in [0.1, 0.15) is 15.9 Å². The third-order valence-corrected chi connectivity index (χ3v) is 3.90. The summed E-state index contributed by atoms with van der Waals surface area (Å²) in [5.41, 5.74) is 1.42. The first-order valence-corrected chi connectivity index (χ1v) is 7.49. The summed E-state index contributed by atoms with van der Waals surface area (Å²) >= 11 is 0. The Kier molecular flexibility index (Phi) is 4.47. The van der Waals surface area contributed by atoms with Crippen LogP contribution in [0.15, 0.2) is 36.7 Å². The highest BCUT2D eigenvalue weighted by Gasteiger charge is 2.22. The Labute approximate surface area is 144 Å². The Hall–Kier alpha value is -3.22. The van der Waals surface area contributed by atoms with Crippen LogP contribution in [0.2, 0.25) is 0 Å². The lowest BCUT2D eigenvalue weighted by molar-refractivity contribution is 0.103. The molecule has 0 radical (unpaired) electrons. The van der Waals surface area contributed by atoms with E-state index < -0.39 is 0 Å². The van der Waals surface area contributed by atoms with Gasteiger partial charge in [0, 0.05) is 11.8 Å². The SMILES string of the molecule is COc1cc(C(=O)c2cnn3cccc(OC)c23)cc(OC)c1OC. The molecule has 7 nitrogen and oxygen atoms in total. The van der Waals surface area contributed by atoms with Crippen LogP contribution in [0.25, 0.3) is 5.52 Å². The lowest BCUT2D eigenvalue weighted by atomic mass is 10.0. The topological polar surface area (TPSA) is 71.3 Å². The quantitative estimate of drug-likeness (QED) is 0.641. The minimum Gasteiger partial charge on any atom is -0.494 e. The fraction of sp³-hybridized carbons (Fsp3) is 0.222. The molecule has 130 valence electrons. The molecule has 2 heterocycles. The first kappa shape index (κ1) is 16.6. The van der Waals surface area contributed by atoms with Crippen LogP contribution in [0.4, 0.5) is 0 Å². The van der Waals surface area contributed by atoms with Gasteiger partial charge in [-0.05, 0) is 24.3 Å². The zero-order chi connectivity index (χ0) is 18.0. The van der Waals surface area contributed by atoms with Gasteiger partial charge in [0.1, 0.15) is 11.3 Å². The number of hydrogen-bond donors (Lipinski definition) is 0. The minimum atomic E-state index is -0.223. The molecule has 3 aromatic rings. The number of hydrogen-bond acceptors (Lipinski definition) is 6. The number of fused-ring (bicyclic) bond motifs is 1. The molecule has 3 rings (SSSR count). The van der Waals surface area contributed by atoms with Crippen molar-refractivity contribution >= 4 is 11.3 Å². The van der Waals surface area contributed by atoms with E-state index in [-0.39, 0.29) is 5.78 Å². The van der Waals surface area contributed by atoms with Crippen LogP contribution in [-0.2, 0) is 0 Å². The number of benzene rings is 1. The first-order valence-electron chi connectivity index (χ1n) is 7.49. The van der Waals surface area contributed by atoms with Gasteiger partial charge in [-0.25, -0.2) is 4.52 Å². The lowest BCUT2D eigenvalue weighted by Gasteiger charge is -2.13. The van der Waals surface area contributed by atoms with E-state index in [4.69, 9.17) is 18.9 Å². The molecule has 0 amide bonds. The average molecular weight is 342 g/mol.